The molecule has 1 fully saturated rings. The Balaban J connectivity index is 1.39. The number of carboxylic acids is 1. The van der Waals surface area contributed by atoms with E-state index in [1.165, 1.54) is 10.9 Å². The lowest BCUT2D eigenvalue weighted by atomic mass is 9.89. The highest BCUT2D eigenvalue weighted by Crippen LogP contribution is 2.33. The number of rotatable bonds is 4. The molecule has 5 heteroatoms. The lowest BCUT2D eigenvalue weighted by Gasteiger charge is -2.32. The fourth-order valence-corrected chi connectivity index (χ4v) is 3.97. The molecule has 2 aromatic carbocycles. The number of hydrogen-bond acceptors (Lipinski definition) is 2. The molecular formula is C22H22N2O3. The number of hydrogen-bond donors (Lipinski definition) is 2. The van der Waals surface area contributed by atoms with Crippen molar-refractivity contribution in [1.82, 2.24) is 9.88 Å². The van der Waals surface area contributed by atoms with Crippen LogP contribution in [0.5, 0.6) is 0 Å². The molecule has 4 rings (SSSR count). The molecule has 138 valence electrons. The van der Waals surface area contributed by atoms with E-state index in [0.29, 0.717) is 5.92 Å². The topological polar surface area (TPSA) is 73.4 Å². The number of benzene rings is 2. The molecule has 1 saturated heterocycles. The largest absolute Gasteiger partial charge is 0.478 e. The zero-order chi connectivity index (χ0) is 18.8. The van der Waals surface area contributed by atoms with Gasteiger partial charge in [-0.3, -0.25) is 4.79 Å². The maximum absolute atomic E-state index is 12.6. The van der Waals surface area contributed by atoms with Crippen LogP contribution in [0, 0.1) is 0 Å². The van der Waals surface area contributed by atoms with Gasteiger partial charge in [0.25, 0.3) is 0 Å². The molecule has 1 amide bonds. The monoisotopic (exact) mass is 362 g/mol. The molecule has 0 radical (unpaired) electrons. The molecule has 1 aromatic heterocycles. The summed E-state index contributed by atoms with van der Waals surface area (Å²) in [7, 11) is 0. The molecule has 5 nitrogen and oxygen atoms in total. The van der Waals surface area contributed by atoms with Crippen LogP contribution in [-0.4, -0.2) is 40.0 Å². The molecule has 0 atom stereocenters. The Morgan fingerprint density at radius 1 is 1.07 bits per heavy atom. The van der Waals surface area contributed by atoms with E-state index in [1.807, 2.05) is 17.0 Å². The van der Waals surface area contributed by atoms with Crippen LogP contribution in [0.15, 0.2) is 54.7 Å². The zero-order valence-electron chi connectivity index (χ0n) is 15.0. The third kappa shape index (κ3) is 3.58. The number of para-hydroxylation sites is 1. The molecule has 0 spiro atoms. The van der Waals surface area contributed by atoms with Crippen molar-refractivity contribution in [3.8, 4) is 0 Å². The van der Waals surface area contributed by atoms with Crippen LogP contribution in [0.2, 0.25) is 0 Å². The Hall–Kier alpha value is -3.08. The number of aromatic carboxylic acids is 1. The van der Waals surface area contributed by atoms with E-state index >= 15 is 0 Å². The number of aromatic amines is 1. The third-order valence-electron chi connectivity index (χ3n) is 5.44. The van der Waals surface area contributed by atoms with Crippen LogP contribution < -0.4 is 0 Å². The molecule has 0 saturated carbocycles. The van der Waals surface area contributed by atoms with E-state index < -0.39 is 5.97 Å². The molecule has 3 aromatic rings. The van der Waals surface area contributed by atoms with Crippen molar-refractivity contribution in [2.24, 2.45) is 0 Å². The van der Waals surface area contributed by atoms with Gasteiger partial charge in [0.1, 0.15) is 0 Å². The second-order valence-electron chi connectivity index (χ2n) is 7.13. The second kappa shape index (κ2) is 7.27. The molecular weight excluding hydrogens is 340 g/mol. The first-order chi connectivity index (χ1) is 13.1. The van der Waals surface area contributed by atoms with Crippen molar-refractivity contribution in [1.29, 1.82) is 0 Å². The number of nitrogens with one attached hydrogen (secondary N) is 1. The number of likely N-dealkylation sites (tertiary alicyclic amines) is 1. The smallest absolute Gasteiger partial charge is 0.335 e. The summed E-state index contributed by atoms with van der Waals surface area (Å²) >= 11 is 0. The molecule has 0 bridgehead atoms. The lowest BCUT2D eigenvalue weighted by molar-refractivity contribution is -0.131. The van der Waals surface area contributed by atoms with Crippen LogP contribution in [0.3, 0.4) is 0 Å². The zero-order valence-corrected chi connectivity index (χ0v) is 15.0. The molecule has 0 aliphatic carbocycles. The van der Waals surface area contributed by atoms with Crippen molar-refractivity contribution in [3.63, 3.8) is 0 Å². The molecule has 0 unspecified atom stereocenters. The van der Waals surface area contributed by atoms with E-state index in [9.17, 15) is 9.59 Å². The van der Waals surface area contributed by atoms with Crippen molar-refractivity contribution in [3.05, 3.63) is 71.4 Å². The molecule has 2 N–H and O–H groups in total. The average molecular weight is 362 g/mol. The van der Waals surface area contributed by atoms with Crippen LogP contribution in [0.4, 0.5) is 0 Å². The number of aromatic nitrogens is 1. The van der Waals surface area contributed by atoms with Gasteiger partial charge < -0.3 is 15.0 Å². The number of fused-ring (bicyclic) bond motifs is 1. The van der Waals surface area contributed by atoms with E-state index in [-0.39, 0.29) is 17.9 Å². The Kier molecular flexibility index (Phi) is 4.67. The Labute approximate surface area is 157 Å². The number of H-pyrrole nitrogens is 1. The van der Waals surface area contributed by atoms with Crippen LogP contribution in [0.25, 0.3) is 10.9 Å². The van der Waals surface area contributed by atoms with Crippen molar-refractivity contribution < 1.29 is 14.7 Å². The number of carboxylic acid groups (broad SMARTS) is 1. The van der Waals surface area contributed by atoms with Gasteiger partial charge in [-0.05, 0) is 48.1 Å². The first-order valence-electron chi connectivity index (χ1n) is 9.28. The Morgan fingerprint density at radius 2 is 1.85 bits per heavy atom. The van der Waals surface area contributed by atoms with Crippen molar-refractivity contribution in [2.45, 2.75) is 25.2 Å². The summed E-state index contributed by atoms with van der Waals surface area (Å²) in [5.41, 5.74) is 3.47. The summed E-state index contributed by atoms with van der Waals surface area (Å²) in [5.74, 6) is -0.445. The third-order valence-corrected chi connectivity index (χ3v) is 5.44. The summed E-state index contributed by atoms with van der Waals surface area (Å²) in [6, 6.07) is 14.9. The first kappa shape index (κ1) is 17.3. The minimum absolute atomic E-state index is 0.0647. The highest BCUT2D eigenvalue weighted by atomic mass is 16.4. The van der Waals surface area contributed by atoms with Gasteiger partial charge in [-0.1, -0.05) is 30.3 Å². The first-order valence-corrected chi connectivity index (χ1v) is 9.28. The molecule has 1 aliphatic heterocycles. The SMILES string of the molecule is O=C(O)c1cccc(CC(=O)N2CCC(c3c[nH]c4ccccc34)CC2)c1. The second-order valence-corrected chi connectivity index (χ2v) is 7.13. The lowest BCUT2D eigenvalue weighted by Crippen LogP contribution is -2.38. The normalized spacial score (nSPS) is 15.2. The van der Waals surface area contributed by atoms with Gasteiger partial charge in [0.15, 0.2) is 0 Å². The van der Waals surface area contributed by atoms with Gasteiger partial charge in [0.05, 0.1) is 12.0 Å². The number of amides is 1. The number of nitrogens with zero attached hydrogens (tertiary/aromatic N) is 1. The van der Waals surface area contributed by atoms with E-state index in [4.69, 9.17) is 5.11 Å². The summed E-state index contributed by atoms with van der Waals surface area (Å²) in [5, 5.41) is 10.4. The maximum atomic E-state index is 12.6. The highest BCUT2D eigenvalue weighted by Gasteiger charge is 2.25. The van der Waals surface area contributed by atoms with Gasteiger partial charge in [0, 0.05) is 30.2 Å². The number of carbonyl (C=O) groups excluding carboxylic acids is 1. The Bertz CT molecular complexity index is 984. The number of piperidine rings is 1. The minimum Gasteiger partial charge on any atom is -0.478 e. The summed E-state index contributed by atoms with van der Waals surface area (Å²) in [4.78, 5) is 29.0. The van der Waals surface area contributed by atoms with Gasteiger partial charge in [-0.2, -0.15) is 0 Å². The van der Waals surface area contributed by atoms with Gasteiger partial charge in [0.2, 0.25) is 5.91 Å². The van der Waals surface area contributed by atoms with E-state index in [2.05, 4.69) is 29.4 Å². The summed E-state index contributed by atoms with van der Waals surface area (Å²) in [6.07, 6.45) is 4.24. The molecule has 2 heterocycles. The minimum atomic E-state index is -0.969. The summed E-state index contributed by atoms with van der Waals surface area (Å²) in [6.45, 7) is 1.48. The standard InChI is InChI=1S/C22H22N2O3/c25-21(13-15-4-3-5-17(12-15)22(26)27)24-10-8-16(9-11-24)19-14-23-20-7-2-1-6-18(19)20/h1-7,12,14,16,23H,8-11,13H2,(H,26,27). The van der Waals surface area contributed by atoms with Gasteiger partial charge >= 0.3 is 5.97 Å². The highest BCUT2D eigenvalue weighted by molar-refractivity contribution is 5.88. The summed E-state index contributed by atoms with van der Waals surface area (Å²) < 4.78 is 0. The predicted octanol–water partition coefficient (Wildman–Crippen LogP) is 3.81. The molecule has 27 heavy (non-hydrogen) atoms. The maximum Gasteiger partial charge on any atom is 0.335 e. The predicted molar refractivity (Wildman–Crippen MR) is 104 cm³/mol. The van der Waals surface area contributed by atoms with E-state index in [1.54, 1.807) is 18.2 Å². The number of carbonyl (C=O) groups is 2. The van der Waals surface area contributed by atoms with E-state index in [0.717, 1.165) is 37.0 Å². The van der Waals surface area contributed by atoms with Crippen LogP contribution in [0.1, 0.15) is 40.2 Å². The quantitative estimate of drug-likeness (QED) is 0.741. The van der Waals surface area contributed by atoms with Crippen LogP contribution in [-0.2, 0) is 11.2 Å². The fraction of sp³-hybridized carbons (Fsp3) is 0.273. The molecule has 1 aliphatic rings. The van der Waals surface area contributed by atoms with Gasteiger partial charge in [-0.25, -0.2) is 4.79 Å². The van der Waals surface area contributed by atoms with Crippen molar-refractivity contribution in [2.75, 3.05) is 13.1 Å². The van der Waals surface area contributed by atoms with Crippen molar-refractivity contribution >= 4 is 22.8 Å². The van der Waals surface area contributed by atoms with Gasteiger partial charge in [-0.15, -0.1) is 0 Å². The van der Waals surface area contributed by atoms with Crippen LogP contribution >= 0.6 is 0 Å². The Morgan fingerprint density at radius 3 is 2.63 bits per heavy atom. The fourth-order valence-electron chi connectivity index (χ4n) is 3.97. The average Bonchev–Trinajstić information content (AvgIpc) is 3.12.